The van der Waals surface area contributed by atoms with Gasteiger partial charge >= 0.3 is 5.97 Å². The fourth-order valence-electron chi connectivity index (χ4n) is 7.47. The molecule has 0 aromatic carbocycles. The molecule has 0 saturated carbocycles. The zero-order chi connectivity index (χ0) is 32.5. The smallest absolute Gasteiger partial charge is 0.309 e. The molecule has 13 atom stereocenters. The van der Waals surface area contributed by atoms with Gasteiger partial charge in [0.1, 0.15) is 17.7 Å². The van der Waals surface area contributed by atoms with Crippen molar-refractivity contribution in [3.8, 4) is 0 Å². The summed E-state index contributed by atoms with van der Waals surface area (Å²) >= 11 is 0. The van der Waals surface area contributed by atoms with Crippen LogP contribution in [0.3, 0.4) is 0 Å². The molecule has 42 heavy (non-hydrogen) atoms. The van der Waals surface area contributed by atoms with Crippen LogP contribution in [0.1, 0.15) is 88.5 Å². The third kappa shape index (κ3) is 7.92. The van der Waals surface area contributed by atoms with E-state index >= 15 is 0 Å². The lowest BCUT2D eigenvalue weighted by molar-refractivity contribution is -0.874. The Bertz CT molecular complexity index is 932. The summed E-state index contributed by atoms with van der Waals surface area (Å²) in [5.41, 5.74) is -1.46. The van der Waals surface area contributed by atoms with E-state index in [1.807, 2.05) is 41.5 Å². The maximum absolute atomic E-state index is 13.5. The van der Waals surface area contributed by atoms with Crippen molar-refractivity contribution in [3.05, 3.63) is 5.21 Å². The van der Waals surface area contributed by atoms with E-state index in [0.717, 1.165) is 5.71 Å². The van der Waals surface area contributed by atoms with Crippen LogP contribution in [0, 0.1) is 40.2 Å². The molecule has 2 heterocycles. The molecular formula is C32H60N2O8. The summed E-state index contributed by atoms with van der Waals surface area (Å²) < 4.78 is 18.1. The van der Waals surface area contributed by atoms with E-state index in [-0.39, 0.29) is 23.9 Å². The number of hydroxylamine groups is 3. The van der Waals surface area contributed by atoms with E-state index < -0.39 is 70.2 Å². The highest BCUT2D eigenvalue weighted by Crippen LogP contribution is 2.43. The van der Waals surface area contributed by atoms with Gasteiger partial charge < -0.3 is 39.4 Å². The van der Waals surface area contributed by atoms with E-state index in [0.29, 0.717) is 19.3 Å². The van der Waals surface area contributed by atoms with E-state index in [2.05, 4.69) is 25.8 Å². The van der Waals surface area contributed by atoms with E-state index in [1.54, 1.807) is 7.05 Å². The number of ether oxygens (including phenoxy) is 3. The average Bonchev–Trinajstić information content (AvgIpc) is 2.88. The van der Waals surface area contributed by atoms with E-state index in [4.69, 9.17) is 14.2 Å². The maximum Gasteiger partial charge on any atom is 0.309 e. The summed E-state index contributed by atoms with van der Waals surface area (Å²) in [6.07, 6.45) is -3.69. The highest BCUT2D eigenvalue weighted by atomic mass is 16.7. The summed E-state index contributed by atoms with van der Waals surface area (Å²) in [7, 11) is 4.74. The number of rotatable bonds is 4. The van der Waals surface area contributed by atoms with Gasteiger partial charge in [0.2, 0.25) is 0 Å². The molecule has 0 amide bonds. The minimum Gasteiger partial charge on any atom is -0.633 e. The molecule has 10 heteroatoms. The number of cyclic esters (lactones) is 1. The molecule has 2 saturated heterocycles. The lowest BCUT2D eigenvalue weighted by Crippen LogP contribution is -2.61. The van der Waals surface area contributed by atoms with Crippen LogP contribution in [0.15, 0.2) is 4.99 Å². The van der Waals surface area contributed by atoms with Gasteiger partial charge in [-0.3, -0.25) is 9.79 Å². The molecule has 2 aliphatic rings. The number of hydrogen-bond acceptors (Lipinski definition) is 9. The Morgan fingerprint density at radius 3 is 2.12 bits per heavy atom. The number of nitrogens with zero attached hydrogens (tertiary/aromatic N) is 2. The zero-order valence-corrected chi connectivity index (χ0v) is 28.3. The van der Waals surface area contributed by atoms with Crippen LogP contribution < -0.4 is 0 Å². The Hall–Kier alpha value is -1.14. The third-order valence-electron chi connectivity index (χ3n) is 10.3. The Kier molecular flexibility index (Phi) is 12.2. The minimum absolute atomic E-state index is 0.0943. The first-order valence-corrected chi connectivity index (χ1v) is 15.7. The number of carbonyl (C=O) groups is 1. The van der Waals surface area contributed by atoms with Crippen molar-refractivity contribution >= 4 is 11.7 Å². The number of aliphatic hydroxyl groups is 3. The number of aliphatic hydroxyl groups excluding tert-OH is 2. The van der Waals surface area contributed by atoms with Crippen LogP contribution in [0.4, 0.5) is 0 Å². The number of quaternary nitrogens is 1. The zero-order valence-electron chi connectivity index (χ0n) is 28.3. The molecule has 1 unspecified atom stereocenters. The largest absolute Gasteiger partial charge is 0.633 e. The topological polar surface area (TPSA) is 141 Å². The molecule has 2 rings (SSSR count). The SMILES string of the molecule is CC[C@H]1OC(=O)[C@H](C)[C@@H](C)[C@H](C)[C@@H](OC2O[C@H](C)C[C@H]([N+](C)(C)[O-])[C@H]2O)C(C)(C)C[C@@H](C)/C(=N\C)[C@H](C)[C@@H](O)[C@]1(C)O. The number of hydrogen-bond donors (Lipinski definition) is 3. The van der Waals surface area contributed by atoms with Crippen molar-refractivity contribution in [1.29, 1.82) is 0 Å². The van der Waals surface area contributed by atoms with Gasteiger partial charge in [0, 0.05) is 25.1 Å². The second kappa shape index (κ2) is 13.9. The van der Waals surface area contributed by atoms with Gasteiger partial charge in [0.25, 0.3) is 0 Å². The molecule has 3 N–H and O–H groups in total. The monoisotopic (exact) mass is 600 g/mol. The molecule has 0 aromatic heterocycles. The molecule has 0 spiro atoms. The lowest BCUT2D eigenvalue weighted by atomic mass is 9.67. The number of aliphatic imine (C=N–C) groups is 1. The van der Waals surface area contributed by atoms with Gasteiger partial charge in [0.15, 0.2) is 12.4 Å². The van der Waals surface area contributed by atoms with Gasteiger partial charge in [-0.15, -0.1) is 0 Å². The Balaban J connectivity index is 2.61. The van der Waals surface area contributed by atoms with Gasteiger partial charge in [-0.1, -0.05) is 55.4 Å². The van der Waals surface area contributed by atoms with E-state index in [1.165, 1.54) is 21.0 Å². The third-order valence-corrected chi connectivity index (χ3v) is 10.3. The predicted octanol–water partition coefficient (Wildman–Crippen LogP) is 3.93. The summed E-state index contributed by atoms with van der Waals surface area (Å²) in [6.45, 7) is 19.1. The molecule has 0 aromatic rings. The Morgan fingerprint density at radius 2 is 1.62 bits per heavy atom. The van der Waals surface area contributed by atoms with Gasteiger partial charge in [-0.2, -0.15) is 0 Å². The predicted molar refractivity (Wildman–Crippen MR) is 163 cm³/mol. The van der Waals surface area contributed by atoms with Crippen molar-refractivity contribution in [2.45, 2.75) is 137 Å². The molecule has 246 valence electrons. The van der Waals surface area contributed by atoms with Gasteiger partial charge in [-0.05, 0) is 49.9 Å². The molecule has 2 aliphatic heterocycles. The summed E-state index contributed by atoms with van der Waals surface area (Å²) in [5, 5.41) is 47.1. The number of esters is 1. The number of carbonyl (C=O) groups excluding carboxylic acids is 1. The van der Waals surface area contributed by atoms with Crippen LogP contribution in [-0.2, 0) is 19.0 Å². The van der Waals surface area contributed by atoms with Crippen molar-refractivity contribution in [2.75, 3.05) is 21.1 Å². The Labute approximate surface area is 254 Å². The summed E-state index contributed by atoms with van der Waals surface area (Å²) in [4.78, 5) is 18.1. The first kappa shape index (κ1) is 37.0. The molecule has 2 fully saturated rings. The highest BCUT2D eigenvalue weighted by molar-refractivity contribution is 5.89. The molecular weight excluding hydrogens is 540 g/mol. The van der Waals surface area contributed by atoms with E-state index in [9.17, 15) is 25.3 Å². The van der Waals surface area contributed by atoms with Gasteiger partial charge in [0.05, 0.1) is 38.3 Å². The van der Waals surface area contributed by atoms with Gasteiger partial charge in [-0.25, -0.2) is 0 Å². The number of likely N-dealkylation sites (N-methyl/N-ethyl adjacent to an activating group) is 1. The van der Waals surface area contributed by atoms with Crippen molar-refractivity contribution in [2.24, 2.45) is 40.0 Å². The van der Waals surface area contributed by atoms with Crippen LogP contribution in [0.5, 0.6) is 0 Å². The standard InChI is InChI=1S/C32H60N2O8/c1-14-24-32(10,38)27(36)22(7)25(33-11)17(2)16-31(8,9)28(20(5)19(4)21(6)29(37)41-24)42-30-26(35)23(34(12,13)39)15-18(3)40-30/h17-24,26-28,30,35-36,38H,14-16H2,1-13H3/b33-25+/t17-,18-,19+,20+,21-,22+,23+,24-,26-,27-,28-,30?,32-/m1/s1. The fraction of sp³-hybridized carbons (Fsp3) is 0.938. The minimum atomic E-state index is -1.69. The second-order valence-corrected chi connectivity index (χ2v) is 14.6. The molecule has 0 bridgehead atoms. The summed E-state index contributed by atoms with van der Waals surface area (Å²) in [6, 6.07) is -0.610. The van der Waals surface area contributed by atoms with Crippen molar-refractivity contribution in [3.63, 3.8) is 0 Å². The fourth-order valence-corrected chi connectivity index (χ4v) is 7.47. The first-order chi connectivity index (χ1) is 19.1. The first-order valence-electron chi connectivity index (χ1n) is 15.7. The highest BCUT2D eigenvalue weighted by Gasteiger charge is 2.50. The Morgan fingerprint density at radius 1 is 1.05 bits per heavy atom. The molecule has 0 radical (unpaired) electrons. The maximum atomic E-state index is 13.5. The summed E-state index contributed by atoms with van der Waals surface area (Å²) in [5.74, 6) is -2.02. The lowest BCUT2D eigenvalue weighted by Gasteiger charge is -2.51. The van der Waals surface area contributed by atoms with Crippen molar-refractivity contribution < 1.29 is 39.0 Å². The van der Waals surface area contributed by atoms with Crippen molar-refractivity contribution in [1.82, 2.24) is 0 Å². The average molecular weight is 601 g/mol. The normalized spacial score (nSPS) is 45.7. The quantitative estimate of drug-likeness (QED) is 0.251. The van der Waals surface area contributed by atoms with Crippen LogP contribution in [0.25, 0.3) is 0 Å². The second-order valence-electron chi connectivity index (χ2n) is 14.6. The molecule has 10 nitrogen and oxygen atoms in total. The van der Waals surface area contributed by atoms with Crippen LogP contribution in [0.2, 0.25) is 0 Å². The van der Waals surface area contributed by atoms with Crippen LogP contribution >= 0.6 is 0 Å². The molecule has 0 aliphatic carbocycles. The van der Waals surface area contributed by atoms with Crippen LogP contribution in [-0.4, -0.2) is 101 Å².